The molecule has 0 saturated carbocycles. The Balaban J connectivity index is 1.50. The first-order chi connectivity index (χ1) is 14.3. The molecule has 29 heavy (non-hydrogen) atoms. The minimum absolute atomic E-state index is 0.870. The average molecular weight is 394 g/mol. The van der Waals surface area contributed by atoms with E-state index in [1.165, 1.54) is 21.6 Å². The summed E-state index contributed by atoms with van der Waals surface area (Å²) >= 11 is 1.69. The number of benzene rings is 3. The molecule has 3 nitrogen and oxygen atoms in total. The van der Waals surface area contributed by atoms with Crippen molar-refractivity contribution in [3.63, 3.8) is 0 Å². The van der Waals surface area contributed by atoms with E-state index in [9.17, 15) is 0 Å². The second-order valence-corrected chi connectivity index (χ2v) is 8.02. The Labute approximate surface area is 174 Å². The Bertz CT molecular complexity index is 1260. The van der Waals surface area contributed by atoms with Crippen LogP contribution in [0.4, 0.5) is 0 Å². The highest BCUT2D eigenvalue weighted by molar-refractivity contribution is 7.99. The lowest BCUT2D eigenvalue weighted by atomic mass is 10.0. The van der Waals surface area contributed by atoms with Crippen LogP contribution in [-0.2, 0) is 0 Å². The SMILES string of the molecule is Cc1ccc(Sc2cnc(-c3ccc(-c4ccccc4)cc3)c3nccn23)cc1. The van der Waals surface area contributed by atoms with Crippen LogP contribution in [0.5, 0.6) is 0 Å². The topological polar surface area (TPSA) is 30.2 Å². The number of aryl methyl sites for hydroxylation is 1. The normalized spacial score (nSPS) is 11.1. The summed E-state index contributed by atoms with van der Waals surface area (Å²) in [7, 11) is 0. The van der Waals surface area contributed by atoms with Gasteiger partial charge in [-0.15, -0.1) is 0 Å². The highest BCUT2D eigenvalue weighted by Crippen LogP contribution is 2.31. The van der Waals surface area contributed by atoms with E-state index in [2.05, 4.69) is 89.1 Å². The van der Waals surface area contributed by atoms with Gasteiger partial charge in [0.25, 0.3) is 0 Å². The fraction of sp³-hybridized carbons (Fsp3) is 0.0400. The molecule has 0 atom stereocenters. The summed E-state index contributed by atoms with van der Waals surface area (Å²) in [6.45, 7) is 2.10. The first-order valence-electron chi connectivity index (χ1n) is 9.50. The first kappa shape index (κ1) is 17.7. The molecule has 2 aromatic heterocycles. The van der Waals surface area contributed by atoms with Crippen molar-refractivity contribution < 1.29 is 0 Å². The van der Waals surface area contributed by atoms with Crippen molar-refractivity contribution >= 4 is 17.4 Å². The lowest BCUT2D eigenvalue weighted by Crippen LogP contribution is -1.95. The zero-order chi connectivity index (χ0) is 19.6. The van der Waals surface area contributed by atoms with Gasteiger partial charge in [-0.3, -0.25) is 4.40 Å². The second kappa shape index (κ2) is 7.57. The maximum absolute atomic E-state index is 4.76. The molecule has 0 unspecified atom stereocenters. The zero-order valence-corrected chi connectivity index (χ0v) is 16.8. The van der Waals surface area contributed by atoms with Crippen molar-refractivity contribution in [3.8, 4) is 22.4 Å². The molecule has 0 fully saturated rings. The molecule has 5 rings (SSSR count). The molecule has 0 radical (unpaired) electrons. The second-order valence-electron chi connectivity index (χ2n) is 6.92. The Kier molecular flexibility index (Phi) is 4.62. The van der Waals surface area contributed by atoms with E-state index in [1.54, 1.807) is 11.8 Å². The van der Waals surface area contributed by atoms with Crippen LogP contribution in [-0.4, -0.2) is 14.4 Å². The lowest BCUT2D eigenvalue weighted by Gasteiger charge is -2.09. The number of nitrogens with zero attached hydrogens (tertiary/aromatic N) is 3. The number of hydrogen-bond acceptors (Lipinski definition) is 3. The fourth-order valence-electron chi connectivity index (χ4n) is 3.35. The van der Waals surface area contributed by atoms with E-state index >= 15 is 0 Å². The predicted octanol–water partition coefficient (Wildman–Crippen LogP) is 6.52. The number of aromatic nitrogens is 3. The van der Waals surface area contributed by atoms with Gasteiger partial charge in [0.15, 0.2) is 5.65 Å². The highest BCUT2D eigenvalue weighted by Gasteiger charge is 2.12. The summed E-state index contributed by atoms with van der Waals surface area (Å²) in [5.41, 5.74) is 6.49. The zero-order valence-electron chi connectivity index (χ0n) is 16.0. The monoisotopic (exact) mass is 393 g/mol. The molecule has 0 saturated heterocycles. The molecule has 0 bridgehead atoms. The van der Waals surface area contributed by atoms with E-state index < -0.39 is 0 Å². The van der Waals surface area contributed by atoms with Gasteiger partial charge in [-0.1, -0.05) is 84.1 Å². The smallest absolute Gasteiger partial charge is 0.164 e. The number of rotatable bonds is 4. The van der Waals surface area contributed by atoms with E-state index in [0.717, 1.165) is 21.9 Å². The average Bonchev–Trinajstić information content (AvgIpc) is 3.27. The summed E-state index contributed by atoms with van der Waals surface area (Å²) in [5.74, 6) is 0. The Morgan fingerprint density at radius 1 is 0.724 bits per heavy atom. The Morgan fingerprint density at radius 2 is 1.41 bits per heavy atom. The van der Waals surface area contributed by atoms with Crippen LogP contribution in [0.1, 0.15) is 5.56 Å². The molecule has 0 spiro atoms. The molecule has 4 heteroatoms. The van der Waals surface area contributed by atoms with Gasteiger partial charge < -0.3 is 0 Å². The summed E-state index contributed by atoms with van der Waals surface area (Å²) < 4.78 is 2.11. The largest absolute Gasteiger partial charge is 0.291 e. The summed E-state index contributed by atoms with van der Waals surface area (Å²) in [6, 6.07) is 27.4. The molecule has 140 valence electrons. The minimum Gasteiger partial charge on any atom is -0.291 e. The first-order valence-corrected chi connectivity index (χ1v) is 10.3. The molecule has 3 aromatic carbocycles. The van der Waals surface area contributed by atoms with Crippen molar-refractivity contribution in [2.75, 3.05) is 0 Å². The molecule has 0 amide bonds. The van der Waals surface area contributed by atoms with Gasteiger partial charge in [0.2, 0.25) is 0 Å². The number of imidazole rings is 1. The van der Waals surface area contributed by atoms with E-state index in [0.29, 0.717) is 0 Å². The number of fused-ring (bicyclic) bond motifs is 1. The third-order valence-electron chi connectivity index (χ3n) is 4.90. The van der Waals surface area contributed by atoms with E-state index in [4.69, 9.17) is 4.98 Å². The van der Waals surface area contributed by atoms with Crippen LogP contribution in [0.25, 0.3) is 28.0 Å². The molecule has 0 aliphatic rings. The van der Waals surface area contributed by atoms with Gasteiger partial charge in [0.05, 0.1) is 6.20 Å². The fourth-order valence-corrected chi connectivity index (χ4v) is 4.22. The molecule has 5 aromatic rings. The van der Waals surface area contributed by atoms with Crippen molar-refractivity contribution in [2.45, 2.75) is 16.8 Å². The molecular formula is C25H19N3S. The van der Waals surface area contributed by atoms with Gasteiger partial charge in [-0.05, 0) is 30.2 Å². The van der Waals surface area contributed by atoms with Crippen molar-refractivity contribution in [3.05, 3.63) is 103 Å². The van der Waals surface area contributed by atoms with Crippen LogP contribution in [0, 0.1) is 6.92 Å². The van der Waals surface area contributed by atoms with Gasteiger partial charge in [0, 0.05) is 22.9 Å². The van der Waals surface area contributed by atoms with Crippen molar-refractivity contribution in [1.29, 1.82) is 0 Å². The van der Waals surface area contributed by atoms with Crippen molar-refractivity contribution in [1.82, 2.24) is 14.4 Å². The Morgan fingerprint density at radius 3 is 2.17 bits per heavy atom. The molecule has 2 heterocycles. The third kappa shape index (κ3) is 3.55. The van der Waals surface area contributed by atoms with Crippen LogP contribution < -0.4 is 0 Å². The maximum Gasteiger partial charge on any atom is 0.164 e. The third-order valence-corrected chi connectivity index (χ3v) is 5.92. The lowest BCUT2D eigenvalue weighted by molar-refractivity contribution is 0.984. The maximum atomic E-state index is 4.76. The van der Waals surface area contributed by atoms with E-state index in [-0.39, 0.29) is 0 Å². The van der Waals surface area contributed by atoms with Gasteiger partial charge in [0.1, 0.15) is 10.7 Å². The number of hydrogen-bond donors (Lipinski definition) is 0. The van der Waals surface area contributed by atoms with E-state index in [1.807, 2.05) is 24.7 Å². The summed E-state index contributed by atoms with van der Waals surface area (Å²) in [6.07, 6.45) is 5.76. The minimum atomic E-state index is 0.870. The quantitative estimate of drug-likeness (QED) is 0.348. The molecular weight excluding hydrogens is 374 g/mol. The molecule has 0 N–H and O–H groups in total. The van der Waals surface area contributed by atoms with Gasteiger partial charge in [-0.25, -0.2) is 9.97 Å². The summed E-state index contributed by atoms with van der Waals surface area (Å²) in [4.78, 5) is 10.5. The summed E-state index contributed by atoms with van der Waals surface area (Å²) in [5, 5.41) is 1.05. The van der Waals surface area contributed by atoms with Crippen LogP contribution >= 0.6 is 11.8 Å². The van der Waals surface area contributed by atoms with Gasteiger partial charge >= 0.3 is 0 Å². The standard InChI is InChI=1S/C25H19N3S/c1-18-7-13-22(14-8-18)29-23-17-27-24(25-26-15-16-28(23)25)21-11-9-20(10-12-21)19-5-3-2-4-6-19/h2-17H,1H3. The van der Waals surface area contributed by atoms with Gasteiger partial charge in [-0.2, -0.15) is 0 Å². The highest BCUT2D eigenvalue weighted by atomic mass is 32.2. The van der Waals surface area contributed by atoms with Crippen molar-refractivity contribution in [2.24, 2.45) is 0 Å². The van der Waals surface area contributed by atoms with Crippen LogP contribution in [0.15, 0.2) is 107 Å². The van der Waals surface area contributed by atoms with Crippen LogP contribution in [0.3, 0.4) is 0 Å². The predicted molar refractivity (Wildman–Crippen MR) is 119 cm³/mol. The van der Waals surface area contributed by atoms with Crippen LogP contribution in [0.2, 0.25) is 0 Å². The Hall–Kier alpha value is -3.37. The molecule has 0 aliphatic heterocycles. The molecule has 0 aliphatic carbocycles.